The summed E-state index contributed by atoms with van der Waals surface area (Å²) < 4.78 is 0. The fourth-order valence-corrected chi connectivity index (χ4v) is 2.55. The average molecular weight is 253 g/mol. The Balaban J connectivity index is 2.64. The van der Waals surface area contributed by atoms with Gasteiger partial charge in [-0.2, -0.15) is 11.3 Å². The Kier molecular flexibility index (Phi) is 5.68. The molecule has 0 aliphatic carbocycles. The summed E-state index contributed by atoms with van der Waals surface area (Å²) in [6, 6.07) is 2.78. The molecule has 1 nitrogen and oxygen atoms in total. The Morgan fingerprint density at radius 2 is 2.06 bits per heavy atom. The molecule has 1 aromatic rings. The van der Waals surface area contributed by atoms with E-state index in [1.54, 1.807) is 11.3 Å². The summed E-state index contributed by atoms with van der Waals surface area (Å²) in [5, 5.41) is 8.14. The first-order chi connectivity index (χ1) is 7.95. The maximum atomic E-state index is 3.68. The SMILES string of the molecule is CCCNC(CC(C)C(C)(C)C)c1ccsc1. The van der Waals surface area contributed by atoms with Crippen LogP contribution in [0.2, 0.25) is 0 Å². The molecule has 1 rings (SSSR count). The van der Waals surface area contributed by atoms with Crippen molar-refractivity contribution in [1.82, 2.24) is 5.32 Å². The third-order valence-corrected chi connectivity index (χ3v) is 4.36. The highest BCUT2D eigenvalue weighted by Crippen LogP contribution is 2.33. The van der Waals surface area contributed by atoms with E-state index in [1.807, 2.05) is 0 Å². The van der Waals surface area contributed by atoms with Gasteiger partial charge in [-0.1, -0.05) is 34.6 Å². The lowest BCUT2D eigenvalue weighted by molar-refractivity contribution is 0.223. The quantitative estimate of drug-likeness (QED) is 0.763. The smallest absolute Gasteiger partial charge is 0.0331 e. The third-order valence-electron chi connectivity index (χ3n) is 3.65. The van der Waals surface area contributed by atoms with Crippen molar-refractivity contribution in [2.24, 2.45) is 11.3 Å². The summed E-state index contributed by atoms with van der Waals surface area (Å²) in [5.41, 5.74) is 1.85. The van der Waals surface area contributed by atoms with E-state index in [4.69, 9.17) is 0 Å². The van der Waals surface area contributed by atoms with Crippen molar-refractivity contribution in [1.29, 1.82) is 0 Å². The molecule has 0 bridgehead atoms. The molecule has 0 amide bonds. The molecule has 0 radical (unpaired) electrons. The number of rotatable bonds is 6. The molecule has 1 aromatic heterocycles. The molecule has 2 atom stereocenters. The lowest BCUT2D eigenvalue weighted by Gasteiger charge is -2.31. The van der Waals surface area contributed by atoms with Gasteiger partial charge in [0.1, 0.15) is 0 Å². The fourth-order valence-electron chi connectivity index (χ4n) is 1.84. The molecule has 0 fully saturated rings. The van der Waals surface area contributed by atoms with Crippen molar-refractivity contribution >= 4 is 11.3 Å². The second-order valence-electron chi connectivity index (χ2n) is 6.07. The van der Waals surface area contributed by atoms with Crippen molar-refractivity contribution < 1.29 is 0 Å². The second-order valence-corrected chi connectivity index (χ2v) is 6.85. The van der Waals surface area contributed by atoms with Crippen LogP contribution < -0.4 is 5.32 Å². The van der Waals surface area contributed by atoms with E-state index in [-0.39, 0.29) is 0 Å². The number of nitrogens with one attached hydrogen (secondary N) is 1. The highest BCUT2D eigenvalue weighted by molar-refractivity contribution is 7.07. The molecular formula is C15H27NS. The topological polar surface area (TPSA) is 12.0 Å². The van der Waals surface area contributed by atoms with Crippen LogP contribution in [-0.2, 0) is 0 Å². The van der Waals surface area contributed by atoms with Crippen LogP contribution in [-0.4, -0.2) is 6.54 Å². The van der Waals surface area contributed by atoms with Gasteiger partial charge in [0.15, 0.2) is 0 Å². The minimum absolute atomic E-state index is 0.391. The first-order valence-electron chi connectivity index (χ1n) is 6.70. The molecular weight excluding hydrogens is 226 g/mol. The zero-order valence-electron chi connectivity index (χ0n) is 11.9. The van der Waals surface area contributed by atoms with Crippen LogP contribution in [0.1, 0.15) is 59.1 Å². The van der Waals surface area contributed by atoms with E-state index in [0.29, 0.717) is 11.5 Å². The Hall–Kier alpha value is -0.340. The fraction of sp³-hybridized carbons (Fsp3) is 0.733. The largest absolute Gasteiger partial charge is 0.310 e. The predicted octanol–water partition coefficient (Wildman–Crippen LogP) is 4.86. The maximum absolute atomic E-state index is 3.68. The van der Waals surface area contributed by atoms with Gasteiger partial charge in [0.05, 0.1) is 0 Å². The van der Waals surface area contributed by atoms with Crippen LogP contribution in [0.3, 0.4) is 0 Å². The van der Waals surface area contributed by atoms with Crippen LogP contribution in [0.15, 0.2) is 16.8 Å². The zero-order chi connectivity index (χ0) is 12.9. The van der Waals surface area contributed by atoms with E-state index in [1.165, 1.54) is 18.4 Å². The average Bonchev–Trinajstić information content (AvgIpc) is 2.75. The Labute approximate surface area is 111 Å². The van der Waals surface area contributed by atoms with E-state index < -0.39 is 0 Å². The van der Waals surface area contributed by atoms with E-state index in [0.717, 1.165) is 12.5 Å². The Morgan fingerprint density at radius 1 is 1.35 bits per heavy atom. The van der Waals surface area contributed by atoms with Crippen LogP contribution in [0, 0.1) is 11.3 Å². The molecule has 2 unspecified atom stereocenters. The molecule has 0 spiro atoms. The van der Waals surface area contributed by atoms with Gasteiger partial charge < -0.3 is 5.32 Å². The number of thiophene rings is 1. The molecule has 0 aliphatic rings. The van der Waals surface area contributed by atoms with Crippen molar-refractivity contribution in [3.8, 4) is 0 Å². The lowest BCUT2D eigenvalue weighted by Crippen LogP contribution is -2.27. The van der Waals surface area contributed by atoms with Gasteiger partial charge in [0, 0.05) is 6.04 Å². The molecule has 1 heterocycles. The van der Waals surface area contributed by atoms with Crippen molar-refractivity contribution in [3.63, 3.8) is 0 Å². The lowest BCUT2D eigenvalue weighted by atomic mass is 9.78. The summed E-state index contributed by atoms with van der Waals surface area (Å²) in [7, 11) is 0. The molecule has 17 heavy (non-hydrogen) atoms. The van der Waals surface area contributed by atoms with Crippen LogP contribution in [0.25, 0.3) is 0 Å². The van der Waals surface area contributed by atoms with Gasteiger partial charge in [-0.15, -0.1) is 0 Å². The standard InChI is InChI=1S/C15H27NS/c1-6-8-16-14(13-7-9-17-11-13)10-12(2)15(3,4)5/h7,9,11-12,14,16H,6,8,10H2,1-5H3. The normalized spacial score (nSPS) is 15.8. The molecule has 2 heteroatoms. The van der Waals surface area contributed by atoms with E-state index >= 15 is 0 Å². The summed E-state index contributed by atoms with van der Waals surface area (Å²) in [4.78, 5) is 0. The highest BCUT2D eigenvalue weighted by Gasteiger charge is 2.24. The predicted molar refractivity (Wildman–Crippen MR) is 78.6 cm³/mol. The minimum Gasteiger partial charge on any atom is -0.310 e. The summed E-state index contributed by atoms with van der Waals surface area (Å²) in [5.74, 6) is 0.719. The summed E-state index contributed by atoms with van der Waals surface area (Å²) in [6.07, 6.45) is 2.42. The highest BCUT2D eigenvalue weighted by atomic mass is 32.1. The van der Waals surface area contributed by atoms with Crippen LogP contribution in [0.5, 0.6) is 0 Å². The summed E-state index contributed by atoms with van der Waals surface area (Å²) in [6.45, 7) is 12.7. The van der Waals surface area contributed by atoms with Gasteiger partial charge in [-0.25, -0.2) is 0 Å². The van der Waals surface area contributed by atoms with E-state index in [9.17, 15) is 0 Å². The van der Waals surface area contributed by atoms with Gasteiger partial charge >= 0.3 is 0 Å². The van der Waals surface area contributed by atoms with Crippen molar-refractivity contribution in [2.45, 2.75) is 53.5 Å². The maximum Gasteiger partial charge on any atom is 0.0331 e. The van der Waals surface area contributed by atoms with Crippen LogP contribution in [0.4, 0.5) is 0 Å². The minimum atomic E-state index is 0.391. The van der Waals surface area contributed by atoms with E-state index in [2.05, 4.69) is 56.8 Å². The van der Waals surface area contributed by atoms with Gasteiger partial charge in [-0.3, -0.25) is 0 Å². The molecule has 0 aliphatic heterocycles. The number of hydrogen-bond donors (Lipinski definition) is 1. The Morgan fingerprint density at radius 3 is 2.53 bits per heavy atom. The Bertz CT molecular complexity index is 297. The summed E-state index contributed by atoms with van der Waals surface area (Å²) >= 11 is 1.80. The van der Waals surface area contributed by atoms with Gasteiger partial charge in [0.25, 0.3) is 0 Å². The molecule has 0 saturated carbocycles. The molecule has 0 aromatic carbocycles. The van der Waals surface area contributed by atoms with Crippen LogP contribution >= 0.6 is 11.3 Å². The number of hydrogen-bond acceptors (Lipinski definition) is 2. The molecule has 1 N–H and O–H groups in total. The zero-order valence-corrected chi connectivity index (χ0v) is 12.7. The van der Waals surface area contributed by atoms with Gasteiger partial charge in [0.2, 0.25) is 0 Å². The first kappa shape index (κ1) is 14.7. The third kappa shape index (κ3) is 4.81. The van der Waals surface area contributed by atoms with Gasteiger partial charge in [-0.05, 0) is 53.1 Å². The second kappa shape index (κ2) is 6.55. The first-order valence-corrected chi connectivity index (χ1v) is 7.65. The monoisotopic (exact) mass is 253 g/mol. The molecule has 98 valence electrons. The van der Waals surface area contributed by atoms with Crippen molar-refractivity contribution in [2.75, 3.05) is 6.54 Å². The molecule has 0 saturated heterocycles. The van der Waals surface area contributed by atoms with Crippen molar-refractivity contribution in [3.05, 3.63) is 22.4 Å².